The predicted molar refractivity (Wildman–Crippen MR) is 104 cm³/mol. The smallest absolute Gasteiger partial charge is 0.334 e. The molecule has 148 valence electrons. The molecule has 28 heavy (non-hydrogen) atoms. The number of nitrogens with one attached hydrogen (secondary N) is 1. The van der Waals surface area contributed by atoms with E-state index in [9.17, 15) is 14.7 Å². The lowest BCUT2D eigenvalue weighted by molar-refractivity contribution is -0.145. The molecule has 2 unspecified atom stereocenters. The SMILES string of the molecule is CCC(NC(=O)c1ccc(OCC2CCCO2)cc1)(C(=O)O)c1ccccc1. The lowest BCUT2D eigenvalue weighted by Gasteiger charge is -2.30. The van der Waals surface area contributed by atoms with Gasteiger partial charge in [0.15, 0.2) is 5.54 Å². The number of ether oxygens (including phenoxy) is 2. The van der Waals surface area contributed by atoms with Crippen molar-refractivity contribution in [3.05, 3.63) is 65.7 Å². The summed E-state index contributed by atoms with van der Waals surface area (Å²) in [6, 6.07) is 15.4. The summed E-state index contributed by atoms with van der Waals surface area (Å²) in [5.41, 5.74) is -0.567. The van der Waals surface area contributed by atoms with Gasteiger partial charge in [0.25, 0.3) is 5.91 Å². The van der Waals surface area contributed by atoms with Gasteiger partial charge < -0.3 is 19.9 Å². The minimum absolute atomic E-state index is 0.120. The van der Waals surface area contributed by atoms with Crippen LogP contribution in [0.15, 0.2) is 54.6 Å². The van der Waals surface area contributed by atoms with Gasteiger partial charge in [-0.3, -0.25) is 4.79 Å². The molecule has 1 aliphatic rings. The number of carbonyl (C=O) groups is 2. The van der Waals surface area contributed by atoms with Gasteiger partial charge in [0, 0.05) is 12.2 Å². The molecule has 1 amide bonds. The first-order valence-corrected chi connectivity index (χ1v) is 9.51. The molecule has 0 bridgehead atoms. The van der Waals surface area contributed by atoms with Gasteiger partial charge in [-0.15, -0.1) is 0 Å². The molecule has 0 radical (unpaired) electrons. The fourth-order valence-electron chi connectivity index (χ4n) is 3.35. The van der Waals surface area contributed by atoms with Gasteiger partial charge in [-0.2, -0.15) is 0 Å². The standard InChI is InChI=1S/C22H25NO5/c1-2-22(21(25)26,17-7-4-3-5-8-17)23-20(24)16-10-12-18(13-11-16)28-15-19-9-6-14-27-19/h3-5,7-8,10-13,19H,2,6,9,14-15H2,1H3,(H,23,24)(H,25,26). The highest BCUT2D eigenvalue weighted by Crippen LogP contribution is 2.26. The second kappa shape index (κ2) is 8.89. The fourth-order valence-corrected chi connectivity index (χ4v) is 3.35. The molecule has 2 atom stereocenters. The summed E-state index contributed by atoms with van der Waals surface area (Å²) in [6.45, 7) is 3.00. The Hall–Kier alpha value is -2.86. The molecule has 0 spiro atoms. The van der Waals surface area contributed by atoms with Crippen LogP contribution in [0.4, 0.5) is 0 Å². The first-order chi connectivity index (χ1) is 13.5. The molecule has 1 aliphatic heterocycles. The Morgan fingerprint density at radius 3 is 2.46 bits per heavy atom. The third kappa shape index (κ3) is 4.34. The van der Waals surface area contributed by atoms with E-state index in [1.807, 2.05) is 6.07 Å². The van der Waals surface area contributed by atoms with Crippen molar-refractivity contribution in [3.63, 3.8) is 0 Å². The van der Waals surface area contributed by atoms with Crippen LogP contribution in [-0.4, -0.2) is 36.3 Å². The van der Waals surface area contributed by atoms with Crippen molar-refractivity contribution in [2.24, 2.45) is 0 Å². The quantitative estimate of drug-likeness (QED) is 0.730. The van der Waals surface area contributed by atoms with E-state index >= 15 is 0 Å². The molecule has 3 rings (SSSR count). The summed E-state index contributed by atoms with van der Waals surface area (Å²) in [5, 5.41) is 12.6. The Bertz CT molecular complexity index is 799. The van der Waals surface area contributed by atoms with Crippen LogP contribution in [0.3, 0.4) is 0 Å². The van der Waals surface area contributed by atoms with Gasteiger partial charge >= 0.3 is 5.97 Å². The number of amides is 1. The van der Waals surface area contributed by atoms with E-state index < -0.39 is 17.4 Å². The van der Waals surface area contributed by atoms with E-state index in [0.717, 1.165) is 19.4 Å². The van der Waals surface area contributed by atoms with Crippen molar-refractivity contribution >= 4 is 11.9 Å². The third-order valence-electron chi connectivity index (χ3n) is 5.07. The van der Waals surface area contributed by atoms with Gasteiger partial charge in [-0.25, -0.2) is 4.79 Å². The topological polar surface area (TPSA) is 84.9 Å². The van der Waals surface area contributed by atoms with E-state index in [-0.39, 0.29) is 12.5 Å². The molecule has 0 aromatic heterocycles. The van der Waals surface area contributed by atoms with E-state index in [0.29, 0.717) is 23.5 Å². The molecule has 6 nitrogen and oxygen atoms in total. The Kier molecular flexibility index (Phi) is 6.31. The Morgan fingerprint density at radius 2 is 1.89 bits per heavy atom. The number of carboxylic acids is 1. The number of benzene rings is 2. The second-order valence-electron chi connectivity index (χ2n) is 6.85. The minimum Gasteiger partial charge on any atom is -0.491 e. The van der Waals surface area contributed by atoms with Crippen LogP contribution in [0.2, 0.25) is 0 Å². The average Bonchev–Trinajstić information content (AvgIpc) is 3.25. The summed E-state index contributed by atoms with van der Waals surface area (Å²) >= 11 is 0. The molecule has 1 saturated heterocycles. The molecular weight excluding hydrogens is 358 g/mol. The van der Waals surface area contributed by atoms with Crippen LogP contribution in [0.5, 0.6) is 5.75 Å². The van der Waals surface area contributed by atoms with Crippen LogP contribution in [-0.2, 0) is 15.1 Å². The van der Waals surface area contributed by atoms with E-state index in [1.165, 1.54) is 0 Å². The van der Waals surface area contributed by atoms with E-state index in [4.69, 9.17) is 9.47 Å². The largest absolute Gasteiger partial charge is 0.491 e. The van der Waals surface area contributed by atoms with Gasteiger partial charge in [-0.05, 0) is 49.1 Å². The molecule has 2 aromatic carbocycles. The maximum absolute atomic E-state index is 12.7. The van der Waals surface area contributed by atoms with Crippen molar-refractivity contribution in [2.75, 3.05) is 13.2 Å². The number of carbonyl (C=O) groups excluding carboxylic acids is 1. The van der Waals surface area contributed by atoms with Gasteiger partial charge in [0.05, 0.1) is 6.10 Å². The van der Waals surface area contributed by atoms with Crippen LogP contribution in [0.1, 0.15) is 42.1 Å². The van der Waals surface area contributed by atoms with Crippen molar-refractivity contribution in [3.8, 4) is 5.75 Å². The maximum Gasteiger partial charge on any atom is 0.334 e. The monoisotopic (exact) mass is 383 g/mol. The molecular formula is C22H25NO5. The molecule has 1 heterocycles. The normalized spacial score (nSPS) is 18.2. The summed E-state index contributed by atoms with van der Waals surface area (Å²) < 4.78 is 11.2. The molecule has 2 N–H and O–H groups in total. The van der Waals surface area contributed by atoms with Crippen LogP contribution in [0, 0.1) is 0 Å². The van der Waals surface area contributed by atoms with Crippen molar-refractivity contribution in [1.82, 2.24) is 5.32 Å². The summed E-state index contributed by atoms with van der Waals surface area (Å²) in [4.78, 5) is 24.8. The van der Waals surface area contributed by atoms with E-state index in [2.05, 4.69) is 5.32 Å². The maximum atomic E-state index is 12.7. The zero-order chi connectivity index (χ0) is 20.0. The minimum atomic E-state index is -1.48. The lowest BCUT2D eigenvalue weighted by Crippen LogP contribution is -2.51. The summed E-state index contributed by atoms with van der Waals surface area (Å²) in [5.74, 6) is -0.889. The van der Waals surface area contributed by atoms with Crippen molar-refractivity contribution in [2.45, 2.75) is 37.8 Å². The van der Waals surface area contributed by atoms with Crippen LogP contribution < -0.4 is 10.1 Å². The summed E-state index contributed by atoms with van der Waals surface area (Å²) in [6.07, 6.45) is 2.39. The Labute approximate surface area is 164 Å². The fraction of sp³-hybridized carbons (Fsp3) is 0.364. The lowest BCUT2D eigenvalue weighted by atomic mass is 9.87. The first-order valence-electron chi connectivity index (χ1n) is 9.51. The van der Waals surface area contributed by atoms with Crippen molar-refractivity contribution < 1.29 is 24.2 Å². The summed E-state index contributed by atoms with van der Waals surface area (Å²) in [7, 11) is 0. The van der Waals surface area contributed by atoms with Crippen LogP contribution in [0.25, 0.3) is 0 Å². The molecule has 1 fully saturated rings. The molecule has 0 saturated carbocycles. The zero-order valence-corrected chi connectivity index (χ0v) is 15.9. The van der Waals surface area contributed by atoms with Gasteiger partial charge in [0.1, 0.15) is 12.4 Å². The van der Waals surface area contributed by atoms with Gasteiger partial charge in [0.2, 0.25) is 0 Å². The number of rotatable bonds is 8. The highest BCUT2D eigenvalue weighted by atomic mass is 16.5. The van der Waals surface area contributed by atoms with Gasteiger partial charge in [-0.1, -0.05) is 37.3 Å². The van der Waals surface area contributed by atoms with Crippen LogP contribution >= 0.6 is 0 Å². The van der Waals surface area contributed by atoms with Crippen molar-refractivity contribution in [1.29, 1.82) is 0 Å². The van der Waals surface area contributed by atoms with E-state index in [1.54, 1.807) is 55.5 Å². The molecule has 6 heteroatoms. The average molecular weight is 383 g/mol. The first kappa shape index (κ1) is 19.9. The predicted octanol–water partition coefficient (Wildman–Crippen LogP) is 3.36. The zero-order valence-electron chi connectivity index (χ0n) is 15.9. The molecule has 2 aromatic rings. The highest BCUT2D eigenvalue weighted by molar-refractivity contribution is 5.98. The Morgan fingerprint density at radius 1 is 1.18 bits per heavy atom. The number of hydrogen-bond acceptors (Lipinski definition) is 4. The highest BCUT2D eigenvalue weighted by Gasteiger charge is 2.40. The number of aliphatic carboxylic acids is 1. The second-order valence-corrected chi connectivity index (χ2v) is 6.85. The molecule has 0 aliphatic carbocycles. The third-order valence-corrected chi connectivity index (χ3v) is 5.07. The Balaban J connectivity index is 1.70. The number of carboxylic acid groups (broad SMARTS) is 1. The number of hydrogen-bond donors (Lipinski definition) is 2.